The predicted octanol–water partition coefficient (Wildman–Crippen LogP) is 1.08. The molecule has 0 aromatic heterocycles. The van der Waals surface area contributed by atoms with Gasteiger partial charge in [0.2, 0.25) is 5.91 Å². The second kappa shape index (κ2) is 4.14. The van der Waals surface area contributed by atoms with Crippen molar-refractivity contribution in [1.82, 2.24) is 0 Å². The predicted molar refractivity (Wildman–Crippen MR) is 62.7 cm³/mol. The van der Waals surface area contributed by atoms with Crippen molar-refractivity contribution in [1.29, 1.82) is 0 Å². The van der Waals surface area contributed by atoms with Gasteiger partial charge in [-0.2, -0.15) is 0 Å². The van der Waals surface area contributed by atoms with E-state index in [-0.39, 0.29) is 11.9 Å². The molecule has 1 aromatic carbocycles. The van der Waals surface area contributed by atoms with Gasteiger partial charge in [-0.15, -0.1) is 0 Å². The Kier molecular flexibility index (Phi) is 2.83. The number of hydrogen-bond acceptors (Lipinski definition) is 3. The monoisotopic (exact) mass is 220 g/mol. The summed E-state index contributed by atoms with van der Waals surface area (Å²) in [6.45, 7) is 1.95. The summed E-state index contributed by atoms with van der Waals surface area (Å²) in [7, 11) is 1.63. The summed E-state index contributed by atoms with van der Waals surface area (Å²) in [4.78, 5) is 11.4. The van der Waals surface area contributed by atoms with Gasteiger partial charge in [0.1, 0.15) is 5.75 Å². The maximum absolute atomic E-state index is 11.4. The molecule has 86 valence electrons. The zero-order valence-corrected chi connectivity index (χ0v) is 9.54. The van der Waals surface area contributed by atoms with Crippen LogP contribution in [0.5, 0.6) is 5.75 Å². The summed E-state index contributed by atoms with van der Waals surface area (Å²) in [5.74, 6) is 0.820. The first-order valence-electron chi connectivity index (χ1n) is 5.35. The molecule has 0 spiro atoms. The fourth-order valence-corrected chi connectivity index (χ4v) is 2.02. The van der Waals surface area contributed by atoms with Crippen molar-refractivity contribution in [3.05, 3.63) is 23.3 Å². The smallest absolute Gasteiger partial charge is 0.228 e. The molecular weight excluding hydrogens is 204 g/mol. The largest absolute Gasteiger partial charge is 0.497 e. The Bertz CT molecular complexity index is 427. The van der Waals surface area contributed by atoms with E-state index >= 15 is 0 Å². The van der Waals surface area contributed by atoms with Gasteiger partial charge in [-0.3, -0.25) is 4.79 Å². The number of amides is 1. The molecule has 1 aliphatic heterocycles. The highest BCUT2D eigenvalue weighted by atomic mass is 16.5. The van der Waals surface area contributed by atoms with Gasteiger partial charge in [-0.1, -0.05) is 0 Å². The Morgan fingerprint density at radius 1 is 1.56 bits per heavy atom. The summed E-state index contributed by atoms with van der Waals surface area (Å²) in [6, 6.07) is 3.90. The highest BCUT2D eigenvalue weighted by Crippen LogP contribution is 2.32. The van der Waals surface area contributed by atoms with E-state index in [9.17, 15) is 4.79 Å². The minimum Gasteiger partial charge on any atom is -0.497 e. The molecule has 1 heterocycles. The Labute approximate surface area is 94.8 Å². The molecule has 4 heteroatoms. The summed E-state index contributed by atoms with van der Waals surface area (Å²) < 4.78 is 5.22. The van der Waals surface area contributed by atoms with Crippen molar-refractivity contribution < 1.29 is 9.53 Å². The van der Waals surface area contributed by atoms with E-state index in [1.165, 1.54) is 0 Å². The second-order valence-corrected chi connectivity index (χ2v) is 4.23. The van der Waals surface area contributed by atoms with Gasteiger partial charge in [-0.25, -0.2) is 0 Å². The lowest BCUT2D eigenvalue weighted by Gasteiger charge is -2.12. The van der Waals surface area contributed by atoms with Crippen LogP contribution in [-0.4, -0.2) is 19.1 Å². The van der Waals surface area contributed by atoms with E-state index in [0.29, 0.717) is 6.42 Å². The Morgan fingerprint density at radius 3 is 2.94 bits per heavy atom. The van der Waals surface area contributed by atoms with Crippen LogP contribution in [0.4, 0.5) is 5.69 Å². The van der Waals surface area contributed by atoms with Gasteiger partial charge in [-0.05, 0) is 36.6 Å². The average Bonchev–Trinajstić information content (AvgIpc) is 2.57. The number of fused-ring (bicyclic) bond motifs is 1. The summed E-state index contributed by atoms with van der Waals surface area (Å²) in [5, 5.41) is 2.87. The van der Waals surface area contributed by atoms with E-state index in [1.807, 2.05) is 19.1 Å². The molecule has 0 fully saturated rings. The minimum atomic E-state index is 0.0363. The molecule has 0 bridgehead atoms. The van der Waals surface area contributed by atoms with Crippen LogP contribution < -0.4 is 15.8 Å². The molecule has 0 aliphatic carbocycles. The van der Waals surface area contributed by atoms with Gasteiger partial charge in [0, 0.05) is 11.7 Å². The van der Waals surface area contributed by atoms with Crippen LogP contribution in [0, 0.1) is 0 Å². The Hall–Kier alpha value is -1.55. The lowest BCUT2D eigenvalue weighted by atomic mass is 10.0. The molecule has 1 aromatic rings. The summed E-state index contributed by atoms with van der Waals surface area (Å²) >= 11 is 0. The molecule has 16 heavy (non-hydrogen) atoms. The van der Waals surface area contributed by atoms with E-state index in [4.69, 9.17) is 10.5 Å². The molecule has 1 aliphatic rings. The van der Waals surface area contributed by atoms with Crippen molar-refractivity contribution in [3.63, 3.8) is 0 Å². The maximum atomic E-state index is 11.4. The van der Waals surface area contributed by atoms with Crippen molar-refractivity contribution in [2.24, 2.45) is 5.73 Å². The van der Waals surface area contributed by atoms with Gasteiger partial charge < -0.3 is 15.8 Å². The molecule has 1 atom stereocenters. The molecular formula is C12H16N2O2. The molecule has 1 unspecified atom stereocenters. The number of ether oxygens (including phenoxy) is 1. The van der Waals surface area contributed by atoms with Crippen molar-refractivity contribution in [2.45, 2.75) is 25.8 Å². The molecule has 0 saturated heterocycles. The van der Waals surface area contributed by atoms with E-state index in [1.54, 1.807) is 7.11 Å². The fraction of sp³-hybridized carbons (Fsp3) is 0.417. The van der Waals surface area contributed by atoms with Crippen LogP contribution in [0.1, 0.15) is 18.1 Å². The molecule has 3 N–H and O–H groups in total. The highest BCUT2D eigenvalue weighted by molar-refractivity contribution is 6.00. The molecule has 0 saturated carbocycles. The number of nitrogens with one attached hydrogen (secondary N) is 1. The number of methoxy groups -OCH3 is 1. The van der Waals surface area contributed by atoms with E-state index in [0.717, 1.165) is 29.0 Å². The molecule has 4 nitrogen and oxygen atoms in total. The molecule has 1 amide bonds. The lowest BCUT2D eigenvalue weighted by molar-refractivity contribution is -0.115. The topological polar surface area (TPSA) is 64.3 Å². The Balaban J connectivity index is 2.42. The van der Waals surface area contributed by atoms with Crippen LogP contribution in [0.2, 0.25) is 0 Å². The summed E-state index contributed by atoms with van der Waals surface area (Å²) in [5.41, 5.74) is 8.76. The third kappa shape index (κ3) is 2.02. The van der Waals surface area contributed by atoms with Gasteiger partial charge in [0.15, 0.2) is 0 Å². The second-order valence-electron chi connectivity index (χ2n) is 4.23. The summed E-state index contributed by atoms with van der Waals surface area (Å²) in [6.07, 6.45) is 1.16. The third-order valence-electron chi connectivity index (χ3n) is 2.67. The third-order valence-corrected chi connectivity index (χ3v) is 2.67. The standard InChI is InChI=1S/C12H16N2O2/c1-7(13)3-8-4-10(16-2)5-9-6-11(15)14-12(8)9/h4-5,7H,3,6,13H2,1-2H3,(H,14,15). The van der Waals surface area contributed by atoms with E-state index < -0.39 is 0 Å². The highest BCUT2D eigenvalue weighted by Gasteiger charge is 2.22. The van der Waals surface area contributed by atoms with Crippen LogP contribution in [0.3, 0.4) is 0 Å². The number of hydrogen-bond donors (Lipinski definition) is 2. The number of benzene rings is 1. The van der Waals surface area contributed by atoms with Crippen LogP contribution >= 0.6 is 0 Å². The first-order chi connectivity index (χ1) is 7.60. The maximum Gasteiger partial charge on any atom is 0.228 e. The minimum absolute atomic E-state index is 0.0363. The molecule has 0 radical (unpaired) electrons. The lowest BCUT2D eigenvalue weighted by Crippen LogP contribution is -2.18. The van der Waals surface area contributed by atoms with Crippen molar-refractivity contribution in [3.8, 4) is 5.75 Å². The number of carbonyl (C=O) groups is 1. The first kappa shape index (κ1) is 11.0. The zero-order valence-electron chi connectivity index (χ0n) is 9.54. The number of nitrogens with two attached hydrogens (primary N) is 1. The average molecular weight is 220 g/mol. The van der Waals surface area contributed by atoms with Gasteiger partial charge >= 0.3 is 0 Å². The van der Waals surface area contributed by atoms with Gasteiger partial charge in [0.25, 0.3) is 0 Å². The zero-order chi connectivity index (χ0) is 11.7. The van der Waals surface area contributed by atoms with Crippen molar-refractivity contribution >= 4 is 11.6 Å². The van der Waals surface area contributed by atoms with Crippen LogP contribution in [-0.2, 0) is 17.6 Å². The quantitative estimate of drug-likeness (QED) is 0.801. The molecule has 2 rings (SSSR count). The number of rotatable bonds is 3. The first-order valence-corrected chi connectivity index (χ1v) is 5.35. The van der Waals surface area contributed by atoms with E-state index in [2.05, 4.69) is 5.32 Å². The van der Waals surface area contributed by atoms with Crippen LogP contribution in [0.25, 0.3) is 0 Å². The Morgan fingerprint density at radius 2 is 2.31 bits per heavy atom. The number of carbonyl (C=O) groups excluding carboxylic acids is 1. The SMILES string of the molecule is COc1cc2c(c(CC(C)N)c1)NC(=O)C2. The normalized spacial score (nSPS) is 15.6. The van der Waals surface area contributed by atoms with Gasteiger partial charge in [0.05, 0.1) is 13.5 Å². The van der Waals surface area contributed by atoms with Crippen LogP contribution in [0.15, 0.2) is 12.1 Å². The number of anilines is 1. The fourth-order valence-electron chi connectivity index (χ4n) is 2.02. The van der Waals surface area contributed by atoms with Crippen molar-refractivity contribution in [2.75, 3.05) is 12.4 Å².